The van der Waals surface area contributed by atoms with Crippen molar-refractivity contribution in [1.29, 1.82) is 0 Å². The van der Waals surface area contributed by atoms with Crippen LogP contribution < -0.4 is 14.8 Å². The number of nitrogens with zero attached hydrogens (tertiary/aromatic N) is 5. The van der Waals surface area contributed by atoms with Crippen molar-refractivity contribution >= 4 is 27.5 Å². The number of amides is 1. The molecule has 4 heterocycles. The molecule has 0 spiro atoms. The van der Waals surface area contributed by atoms with Crippen molar-refractivity contribution in [3.63, 3.8) is 0 Å². The Morgan fingerprint density at radius 2 is 1.21 bits per heavy atom. The van der Waals surface area contributed by atoms with Crippen LogP contribution in [0.2, 0.25) is 0 Å². The average molecular weight is 711 g/mol. The zero-order valence-electron chi connectivity index (χ0n) is 28.6. The van der Waals surface area contributed by atoms with Crippen molar-refractivity contribution in [1.82, 2.24) is 30.0 Å². The molecule has 270 valence electrons. The van der Waals surface area contributed by atoms with Gasteiger partial charge in [0.2, 0.25) is 5.91 Å². The van der Waals surface area contributed by atoms with Crippen LogP contribution >= 0.6 is 21.6 Å². The summed E-state index contributed by atoms with van der Waals surface area (Å²) in [6.07, 6.45) is 3.57. The van der Waals surface area contributed by atoms with E-state index < -0.39 is 0 Å². The molecule has 2 saturated heterocycles. The molecule has 0 aliphatic carbocycles. The predicted molar refractivity (Wildman–Crippen MR) is 190 cm³/mol. The van der Waals surface area contributed by atoms with Gasteiger partial charge in [0.15, 0.2) is 0 Å². The molecule has 2 aliphatic heterocycles. The molecule has 48 heavy (non-hydrogen) atoms. The van der Waals surface area contributed by atoms with E-state index in [-0.39, 0.29) is 37.1 Å². The van der Waals surface area contributed by atoms with Gasteiger partial charge in [-0.15, -0.1) is 0 Å². The van der Waals surface area contributed by atoms with Gasteiger partial charge in [0.1, 0.15) is 24.7 Å². The van der Waals surface area contributed by atoms with Crippen LogP contribution in [0.5, 0.6) is 11.5 Å². The van der Waals surface area contributed by atoms with E-state index in [0.717, 1.165) is 71.9 Å². The minimum absolute atomic E-state index is 0.118. The number of hydrogen-bond acceptors (Lipinski definition) is 14. The third-order valence-corrected chi connectivity index (χ3v) is 10.7. The van der Waals surface area contributed by atoms with E-state index in [0.29, 0.717) is 53.9 Å². The van der Waals surface area contributed by atoms with E-state index in [2.05, 4.69) is 45.2 Å². The summed E-state index contributed by atoms with van der Waals surface area (Å²) in [6, 6.07) is 6.78. The molecule has 15 heteroatoms. The summed E-state index contributed by atoms with van der Waals surface area (Å²) < 4.78 is 11.6. The van der Waals surface area contributed by atoms with E-state index in [1.807, 2.05) is 15.7 Å². The molecular formula is C33H54N6O7S2. The number of aliphatic hydroxyl groups is 4. The fourth-order valence-electron chi connectivity index (χ4n) is 5.30. The predicted octanol–water partition coefficient (Wildman–Crippen LogP) is 1.51. The summed E-state index contributed by atoms with van der Waals surface area (Å²) in [4.78, 5) is 27.3. The Hall–Kier alpha value is -2.21. The van der Waals surface area contributed by atoms with Gasteiger partial charge < -0.3 is 40.1 Å². The molecule has 0 saturated carbocycles. The monoisotopic (exact) mass is 710 g/mol. The first-order valence-corrected chi connectivity index (χ1v) is 19.1. The van der Waals surface area contributed by atoms with Crippen LogP contribution in [0.3, 0.4) is 0 Å². The van der Waals surface area contributed by atoms with E-state index >= 15 is 0 Å². The highest BCUT2D eigenvalue weighted by molar-refractivity contribution is 8.76. The van der Waals surface area contributed by atoms with E-state index in [9.17, 15) is 15.0 Å². The molecule has 0 unspecified atom stereocenters. The van der Waals surface area contributed by atoms with Gasteiger partial charge in [-0.25, -0.2) is 0 Å². The van der Waals surface area contributed by atoms with Gasteiger partial charge >= 0.3 is 0 Å². The zero-order chi connectivity index (χ0) is 34.8. The maximum absolute atomic E-state index is 12.5. The standard InChI is InChI=1S/C20H33N3O4S2.C13H21N3O3/c1-20(2,29-28-3)5-4-19(26)23-8-6-22(7-9-23)10-11-27-18-12-16(14-24)21-17(13-18)15-25;17-9-11-7-13(8-12(10-18)15-11)19-6-5-16-3-1-14-2-4-16/h12-13,24-25H,4-11,14-15H2,1-3H3;7-8,14,17-18H,1-6,9-10H2. The fraction of sp³-hybridized carbons (Fsp3) is 0.667. The molecule has 0 atom stereocenters. The number of aliphatic hydroxyl groups excluding tert-OH is 4. The van der Waals surface area contributed by atoms with Gasteiger partial charge in [0.25, 0.3) is 0 Å². The minimum Gasteiger partial charge on any atom is -0.492 e. The lowest BCUT2D eigenvalue weighted by molar-refractivity contribution is -0.133. The highest BCUT2D eigenvalue weighted by Gasteiger charge is 2.24. The summed E-state index contributed by atoms with van der Waals surface area (Å²) in [6.45, 7) is 13.8. The number of carbonyl (C=O) groups is 1. The van der Waals surface area contributed by atoms with Gasteiger partial charge in [-0.1, -0.05) is 21.6 Å². The van der Waals surface area contributed by atoms with Crippen LogP contribution in [0, 0.1) is 0 Å². The van der Waals surface area contributed by atoms with E-state index in [4.69, 9.17) is 19.7 Å². The lowest BCUT2D eigenvalue weighted by Gasteiger charge is -2.35. The molecule has 2 aliphatic rings. The molecule has 2 aromatic heterocycles. The highest BCUT2D eigenvalue weighted by Crippen LogP contribution is 2.37. The van der Waals surface area contributed by atoms with Crippen LogP contribution in [0.1, 0.15) is 49.5 Å². The maximum atomic E-state index is 12.5. The molecule has 0 bridgehead atoms. The van der Waals surface area contributed by atoms with Crippen LogP contribution in [-0.2, 0) is 31.2 Å². The molecule has 2 fully saturated rings. The van der Waals surface area contributed by atoms with Crippen LogP contribution in [0.4, 0.5) is 0 Å². The quantitative estimate of drug-likeness (QED) is 0.150. The second-order valence-corrected chi connectivity index (χ2v) is 15.3. The summed E-state index contributed by atoms with van der Waals surface area (Å²) in [5.74, 6) is 1.51. The van der Waals surface area contributed by atoms with Crippen molar-refractivity contribution < 1.29 is 34.7 Å². The first-order chi connectivity index (χ1) is 23.2. The maximum Gasteiger partial charge on any atom is 0.222 e. The molecule has 2 aromatic rings. The topological polar surface area (TPSA) is 164 Å². The summed E-state index contributed by atoms with van der Waals surface area (Å²) in [5, 5.41) is 40.0. The van der Waals surface area contributed by atoms with Gasteiger partial charge in [-0.3, -0.25) is 24.6 Å². The SMILES string of the molecule is CSSC(C)(C)CCC(=O)N1CCN(CCOc2cc(CO)nc(CO)c2)CC1.OCc1cc(OCCN2CCNCC2)cc(CO)n1. The Bertz CT molecular complexity index is 1190. The fourth-order valence-corrected chi connectivity index (χ4v) is 7.54. The summed E-state index contributed by atoms with van der Waals surface area (Å²) >= 11 is 0. The minimum atomic E-state index is -0.187. The van der Waals surface area contributed by atoms with Crippen molar-refractivity contribution in [3.05, 3.63) is 47.0 Å². The third kappa shape index (κ3) is 14.7. The average Bonchev–Trinajstić information content (AvgIpc) is 3.11. The molecule has 4 rings (SSSR count). The van der Waals surface area contributed by atoms with Gasteiger partial charge in [-0.2, -0.15) is 0 Å². The Balaban J connectivity index is 0.000000284. The van der Waals surface area contributed by atoms with E-state index in [1.54, 1.807) is 35.1 Å². The Morgan fingerprint density at radius 3 is 1.62 bits per heavy atom. The molecule has 1 amide bonds. The lowest BCUT2D eigenvalue weighted by Crippen LogP contribution is -2.49. The Kier molecular flexibility index (Phi) is 18.3. The Labute approximate surface area is 292 Å². The lowest BCUT2D eigenvalue weighted by atomic mass is 10.1. The summed E-state index contributed by atoms with van der Waals surface area (Å²) in [7, 11) is 3.58. The normalized spacial score (nSPS) is 15.9. The number of nitrogens with one attached hydrogen (secondary N) is 1. The second kappa shape index (κ2) is 21.8. The van der Waals surface area contributed by atoms with Gasteiger partial charge in [0.05, 0.1) is 49.2 Å². The largest absolute Gasteiger partial charge is 0.492 e. The number of carbonyl (C=O) groups excluding carboxylic acids is 1. The molecule has 5 N–H and O–H groups in total. The molecule has 13 nitrogen and oxygen atoms in total. The van der Waals surface area contributed by atoms with Crippen LogP contribution in [0.15, 0.2) is 24.3 Å². The zero-order valence-corrected chi connectivity index (χ0v) is 30.2. The third-order valence-electron chi connectivity index (χ3n) is 7.99. The smallest absolute Gasteiger partial charge is 0.222 e. The second-order valence-electron chi connectivity index (χ2n) is 12.2. The number of aromatic nitrogens is 2. The van der Waals surface area contributed by atoms with Gasteiger partial charge in [-0.05, 0) is 26.5 Å². The van der Waals surface area contributed by atoms with Gasteiger partial charge in [0, 0.05) is 101 Å². The number of rotatable bonds is 17. The van der Waals surface area contributed by atoms with Crippen molar-refractivity contribution in [3.8, 4) is 11.5 Å². The summed E-state index contributed by atoms with van der Waals surface area (Å²) in [5.41, 5.74) is 2.00. The van der Waals surface area contributed by atoms with Crippen LogP contribution in [-0.4, -0.2) is 141 Å². The molecule has 0 radical (unpaired) electrons. The Morgan fingerprint density at radius 1 is 0.771 bits per heavy atom. The van der Waals surface area contributed by atoms with Crippen molar-refractivity contribution in [2.45, 2.75) is 57.9 Å². The number of ether oxygens (including phenoxy) is 2. The van der Waals surface area contributed by atoms with Crippen LogP contribution in [0.25, 0.3) is 0 Å². The number of hydrogen-bond donors (Lipinski definition) is 5. The first kappa shape index (κ1) is 40.2. The first-order valence-electron chi connectivity index (χ1n) is 16.5. The molecule has 0 aromatic carbocycles. The van der Waals surface area contributed by atoms with Crippen molar-refractivity contribution in [2.75, 3.05) is 84.9 Å². The number of piperazine rings is 2. The molecular weight excluding hydrogens is 657 g/mol. The highest BCUT2D eigenvalue weighted by atomic mass is 33.1. The van der Waals surface area contributed by atoms with Crippen molar-refractivity contribution in [2.24, 2.45) is 0 Å². The van der Waals surface area contributed by atoms with E-state index in [1.165, 1.54) is 0 Å². The number of pyridine rings is 2.